The molecule has 2 fully saturated rings. The number of aromatic nitrogens is 3. The van der Waals surface area contributed by atoms with Gasteiger partial charge in [-0.1, -0.05) is 112 Å². The van der Waals surface area contributed by atoms with Crippen LogP contribution in [-0.2, 0) is 40.0 Å². The van der Waals surface area contributed by atoms with Crippen LogP contribution in [0.3, 0.4) is 0 Å². The van der Waals surface area contributed by atoms with Crippen molar-refractivity contribution in [2.75, 3.05) is 19.6 Å². The fourth-order valence-electron chi connectivity index (χ4n) is 10.1. The van der Waals surface area contributed by atoms with Crippen molar-refractivity contribution in [2.45, 2.75) is 143 Å². The molecule has 6 atom stereocenters. The maximum absolute atomic E-state index is 14.4. The molecule has 0 radical (unpaired) electrons. The van der Waals surface area contributed by atoms with Gasteiger partial charge in [-0.05, 0) is 93.2 Å². The molecule has 20 heteroatoms. The molecule has 5 heterocycles. The Balaban J connectivity index is 1.03. The number of amides is 7. The number of fused-ring (bicyclic) bond motifs is 4. The minimum absolute atomic E-state index is 0.0367. The van der Waals surface area contributed by atoms with Crippen molar-refractivity contribution in [2.24, 2.45) is 10.4 Å². The number of rotatable bonds is 8. The van der Waals surface area contributed by atoms with Gasteiger partial charge >= 0.3 is 0 Å². The third-order valence-electron chi connectivity index (χ3n) is 14.6. The Labute approximate surface area is 464 Å². The van der Waals surface area contributed by atoms with Gasteiger partial charge < -0.3 is 36.8 Å². The first kappa shape index (κ1) is 56.9. The number of nitrogens with zero attached hydrogens (tertiary/aromatic N) is 5. The van der Waals surface area contributed by atoms with Crippen LogP contribution in [0.5, 0.6) is 0 Å². The second-order valence-corrected chi connectivity index (χ2v) is 23.2. The first-order valence-corrected chi connectivity index (χ1v) is 28.0. The SMILES string of the molecule is Cc1sc2c(c1C)C(c1ccc(Cl)cc1)=N[C@@H](CC(=O)NC[C@H]1NC(=O)[C@@H](C)NC(=O)[C@@H](Cc3ccc(-c4ccccc4)cc3)NC(=O)[C@@H]3CCCN3C(=O)C(C(C)(C)C)NC(=O)CCCCCCNC1=O)c1nnc(C)n1-2. The topological polar surface area (TPSA) is 238 Å². The van der Waals surface area contributed by atoms with Crippen molar-refractivity contribution in [3.05, 3.63) is 123 Å². The smallest absolute Gasteiger partial charge is 0.246 e. The molecule has 0 saturated carbocycles. The van der Waals surface area contributed by atoms with Gasteiger partial charge in [0.25, 0.3) is 0 Å². The summed E-state index contributed by atoms with van der Waals surface area (Å²) < 4.78 is 1.94. The van der Waals surface area contributed by atoms with E-state index in [4.69, 9.17) is 16.6 Å². The van der Waals surface area contributed by atoms with Gasteiger partial charge in [-0.3, -0.25) is 43.1 Å². The number of hydrogen-bond acceptors (Lipinski definition) is 11. The molecule has 18 nitrogen and oxygen atoms in total. The summed E-state index contributed by atoms with van der Waals surface area (Å²) in [5, 5.41) is 27.5. The van der Waals surface area contributed by atoms with Crippen LogP contribution >= 0.6 is 22.9 Å². The van der Waals surface area contributed by atoms with Crippen LogP contribution in [0.2, 0.25) is 5.02 Å². The fraction of sp³-hybridized carbons (Fsp3) is 0.448. The third-order valence-corrected chi connectivity index (χ3v) is 16.1. The monoisotopic (exact) mass is 1100 g/mol. The molecule has 2 aromatic heterocycles. The van der Waals surface area contributed by atoms with Crippen LogP contribution < -0.4 is 31.9 Å². The molecule has 2 saturated heterocycles. The highest BCUT2D eigenvalue weighted by Gasteiger charge is 2.43. The van der Waals surface area contributed by atoms with E-state index in [9.17, 15) is 33.6 Å². The van der Waals surface area contributed by atoms with Crippen molar-refractivity contribution >= 4 is 70.0 Å². The van der Waals surface area contributed by atoms with Crippen LogP contribution in [0.1, 0.15) is 124 Å². The molecule has 0 spiro atoms. The number of benzene rings is 3. The second kappa shape index (κ2) is 25.0. The van der Waals surface area contributed by atoms with Gasteiger partial charge in [0, 0.05) is 53.5 Å². The predicted octanol–water partition coefficient (Wildman–Crippen LogP) is 6.29. The molecule has 1 unspecified atom stereocenters. The summed E-state index contributed by atoms with van der Waals surface area (Å²) in [6.45, 7) is 13.2. The third kappa shape index (κ3) is 13.5. The maximum Gasteiger partial charge on any atom is 0.246 e. The molecule has 8 rings (SSSR count). The van der Waals surface area contributed by atoms with Crippen molar-refractivity contribution in [3.8, 4) is 16.1 Å². The number of nitrogens with one attached hydrogen (secondary N) is 6. The molecule has 5 aromatic rings. The lowest BCUT2D eigenvalue weighted by atomic mass is 9.85. The zero-order chi connectivity index (χ0) is 55.8. The molecule has 0 bridgehead atoms. The minimum Gasteiger partial charge on any atom is -0.354 e. The fourth-order valence-corrected chi connectivity index (χ4v) is 11.4. The summed E-state index contributed by atoms with van der Waals surface area (Å²) in [5.41, 5.74) is 5.40. The molecule has 412 valence electrons. The van der Waals surface area contributed by atoms with Gasteiger partial charge in [0.05, 0.1) is 12.1 Å². The molecule has 3 aliphatic heterocycles. The quantitative estimate of drug-likeness (QED) is 0.102. The molecule has 7 amide bonds. The van der Waals surface area contributed by atoms with E-state index >= 15 is 0 Å². The second-order valence-electron chi connectivity index (χ2n) is 21.5. The highest BCUT2D eigenvalue weighted by Crippen LogP contribution is 2.40. The normalized spacial score (nSPS) is 22.3. The van der Waals surface area contributed by atoms with Crippen LogP contribution in [-0.4, -0.2) is 117 Å². The van der Waals surface area contributed by atoms with Crippen LogP contribution in [0.25, 0.3) is 16.1 Å². The highest BCUT2D eigenvalue weighted by atomic mass is 35.5. The van der Waals surface area contributed by atoms with Crippen LogP contribution in [0.4, 0.5) is 0 Å². The molecular formula is C58H70ClN11O7S. The van der Waals surface area contributed by atoms with Crippen molar-refractivity contribution in [3.63, 3.8) is 0 Å². The van der Waals surface area contributed by atoms with E-state index in [0.717, 1.165) is 43.3 Å². The predicted molar refractivity (Wildman–Crippen MR) is 300 cm³/mol. The maximum atomic E-state index is 14.4. The Morgan fingerprint density at radius 1 is 0.756 bits per heavy atom. The summed E-state index contributed by atoms with van der Waals surface area (Å²) in [5.74, 6) is -2.54. The van der Waals surface area contributed by atoms with Gasteiger partial charge in [-0.2, -0.15) is 0 Å². The number of hydrogen-bond donors (Lipinski definition) is 6. The van der Waals surface area contributed by atoms with E-state index in [2.05, 4.69) is 42.1 Å². The molecule has 78 heavy (non-hydrogen) atoms. The molecule has 0 aliphatic carbocycles. The van der Waals surface area contributed by atoms with Gasteiger partial charge in [0.2, 0.25) is 41.4 Å². The standard InChI is InChI=1S/C58H70ClN11O7S/c1-33-35(3)78-57-48(33)49(40-24-26-41(59)27-25-40)63-42(51-68-67-36(4)70(51)57)31-47(72)61-32-44-53(74)60-28-14-9-8-13-19-46(71)66-50(58(5,6)7)56(77)69-29-15-18-45(69)55(76)64-43(54(75)62-34(2)52(73)65-44)30-37-20-22-39(23-21-37)38-16-11-10-12-17-38/h10-12,16-17,20-27,34,42-45,50H,8-9,13-15,18-19,28-32H2,1-7H3,(H,60,74)(H,61,72)(H,62,75)(H,64,76)(H,65,73)(H,66,71)/t34-,42+,43-,44-,45+,50?/m1/s1. The zero-order valence-corrected chi connectivity index (χ0v) is 46.9. The Hall–Kier alpha value is -7.25. The number of halogens is 1. The van der Waals surface area contributed by atoms with E-state index < -0.39 is 71.2 Å². The molecular weight excluding hydrogens is 1030 g/mol. The van der Waals surface area contributed by atoms with Crippen molar-refractivity contribution in [1.82, 2.24) is 51.6 Å². The Morgan fingerprint density at radius 3 is 2.15 bits per heavy atom. The number of thiophene rings is 1. The number of carbonyl (C=O) groups is 7. The average molecular weight is 1100 g/mol. The number of aryl methyl sites for hydroxylation is 2. The summed E-state index contributed by atoms with van der Waals surface area (Å²) in [7, 11) is 0. The Bertz CT molecular complexity index is 3060. The van der Waals surface area contributed by atoms with Crippen molar-refractivity contribution < 1.29 is 33.6 Å². The summed E-state index contributed by atoms with van der Waals surface area (Å²) >= 11 is 7.90. The average Bonchev–Trinajstić information content (AvgIpc) is 4.20. The lowest BCUT2D eigenvalue weighted by Gasteiger charge is -2.35. The van der Waals surface area contributed by atoms with E-state index in [1.807, 2.05) is 113 Å². The van der Waals surface area contributed by atoms with Gasteiger partial charge in [-0.15, -0.1) is 21.5 Å². The molecule has 3 aliphatic rings. The van der Waals surface area contributed by atoms with Gasteiger partial charge in [-0.25, -0.2) is 0 Å². The Morgan fingerprint density at radius 2 is 1.44 bits per heavy atom. The molecule has 3 aromatic carbocycles. The largest absolute Gasteiger partial charge is 0.354 e. The van der Waals surface area contributed by atoms with Crippen LogP contribution in [0.15, 0.2) is 83.9 Å². The summed E-state index contributed by atoms with van der Waals surface area (Å²) in [6.07, 6.45) is 3.35. The summed E-state index contributed by atoms with van der Waals surface area (Å²) in [4.78, 5) is 107. The van der Waals surface area contributed by atoms with Gasteiger partial charge in [0.15, 0.2) is 5.82 Å². The Kier molecular flexibility index (Phi) is 18.3. The van der Waals surface area contributed by atoms with Crippen molar-refractivity contribution in [1.29, 1.82) is 0 Å². The number of carbonyl (C=O) groups excluding carboxylic acids is 7. The van der Waals surface area contributed by atoms with E-state index in [-0.39, 0.29) is 44.2 Å². The van der Waals surface area contributed by atoms with E-state index in [1.165, 1.54) is 11.8 Å². The first-order chi connectivity index (χ1) is 37.3. The summed E-state index contributed by atoms with van der Waals surface area (Å²) in [6, 6.07) is 18.4. The van der Waals surface area contributed by atoms with Crippen LogP contribution in [0, 0.1) is 26.2 Å². The lowest BCUT2D eigenvalue weighted by Crippen LogP contribution is -2.60. The number of aliphatic imine (C=N–C) groups is 1. The van der Waals surface area contributed by atoms with Gasteiger partial charge in [0.1, 0.15) is 47.1 Å². The molecule has 6 N–H and O–H groups in total. The zero-order valence-electron chi connectivity index (χ0n) is 45.3. The van der Waals surface area contributed by atoms with E-state index in [0.29, 0.717) is 67.5 Å². The lowest BCUT2D eigenvalue weighted by molar-refractivity contribution is -0.144. The van der Waals surface area contributed by atoms with E-state index in [1.54, 1.807) is 23.5 Å². The minimum atomic E-state index is -1.28. The first-order valence-electron chi connectivity index (χ1n) is 26.8. The highest BCUT2D eigenvalue weighted by molar-refractivity contribution is 7.15.